The average molecular weight is 232 g/mol. The van der Waals surface area contributed by atoms with Crippen molar-refractivity contribution < 1.29 is 4.42 Å². The van der Waals surface area contributed by atoms with Crippen LogP contribution in [0.1, 0.15) is 18.7 Å². The van der Waals surface area contributed by atoms with E-state index in [4.69, 9.17) is 4.42 Å². The molecule has 5 heteroatoms. The minimum absolute atomic E-state index is 0.501. The van der Waals surface area contributed by atoms with E-state index >= 15 is 0 Å². The molecule has 0 radical (unpaired) electrons. The molecule has 2 aromatic rings. The lowest BCUT2D eigenvalue weighted by atomic mass is 10.2. The molecular formula is C12H16N4O. The number of hydrogen-bond acceptors (Lipinski definition) is 5. The third-order valence-corrected chi connectivity index (χ3v) is 3.19. The van der Waals surface area contributed by atoms with Crippen LogP contribution in [0.3, 0.4) is 0 Å². The quantitative estimate of drug-likeness (QED) is 0.840. The van der Waals surface area contributed by atoms with Gasteiger partial charge in [-0.05, 0) is 25.5 Å². The second kappa shape index (κ2) is 4.33. The molecule has 2 N–H and O–H groups in total. The Morgan fingerprint density at radius 3 is 3.29 bits per heavy atom. The molecule has 0 spiro atoms. The standard InChI is InChI=1S/C12H16N4O/c1-13-9-4-6-15-12-11(9)16-10(17-12)7-8-3-2-5-14-8/h4,6,8,14H,2-3,5,7H2,1H3,(H,13,15). The molecule has 0 saturated carbocycles. The number of aromatic nitrogens is 2. The minimum atomic E-state index is 0.501. The number of nitrogens with one attached hydrogen (secondary N) is 2. The van der Waals surface area contributed by atoms with Gasteiger partial charge in [-0.25, -0.2) is 9.97 Å². The van der Waals surface area contributed by atoms with E-state index in [0.29, 0.717) is 11.8 Å². The molecule has 1 unspecified atom stereocenters. The van der Waals surface area contributed by atoms with Crippen molar-refractivity contribution in [3.63, 3.8) is 0 Å². The molecule has 0 bridgehead atoms. The lowest BCUT2D eigenvalue weighted by molar-refractivity contribution is 0.474. The zero-order chi connectivity index (χ0) is 11.7. The average Bonchev–Trinajstić information content (AvgIpc) is 2.97. The Morgan fingerprint density at radius 2 is 2.53 bits per heavy atom. The van der Waals surface area contributed by atoms with Crippen LogP contribution in [0.2, 0.25) is 0 Å². The number of pyridine rings is 1. The van der Waals surface area contributed by atoms with Crippen LogP contribution in [-0.4, -0.2) is 29.6 Å². The van der Waals surface area contributed by atoms with E-state index in [-0.39, 0.29) is 0 Å². The fraction of sp³-hybridized carbons (Fsp3) is 0.500. The molecule has 1 aliphatic rings. The monoisotopic (exact) mass is 232 g/mol. The van der Waals surface area contributed by atoms with Gasteiger partial charge in [-0.15, -0.1) is 0 Å². The van der Waals surface area contributed by atoms with Gasteiger partial charge >= 0.3 is 0 Å². The van der Waals surface area contributed by atoms with Gasteiger partial charge in [-0.1, -0.05) is 0 Å². The van der Waals surface area contributed by atoms with Crippen LogP contribution < -0.4 is 10.6 Å². The Balaban J connectivity index is 1.90. The smallest absolute Gasteiger partial charge is 0.249 e. The Labute approximate surface area is 99.6 Å². The van der Waals surface area contributed by atoms with Crippen molar-refractivity contribution in [3.8, 4) is 0 Å². The van der Waals surface area contributed by atoms with E-state index in [9.17, 15) is 0 Å². The van der Waals surface area contributed by atoms with Gasteiger partial charge in [0.25, 0.3) is 0 Å². The zero-order valence-electron chi connectivity index (χ0n) is 9.86. The number of hydrogen-bond donors (Lipinski definition) is 2. The first-order valence-electron chi connectivity index (χ1n) is 6.02. The molecule has 90 valence electrons. The zero-order valence-corrected chi connectivity index (χ0v) is 9.86. The number of fused-ring (bicyclic) bond motifs is 1. The van der Waals surface area contributed by atoms with Gasteiger partial charge in [0.05, 0.1) is 5.69 Å². The molecular weight excluding hydrogens is 216 g/mol. The van der Waals surface area contributed by atoms with E-state index in [1.807, 2.05) is 13.1 Å². The maximum Gasteiger partial charge on any atom is 0.249 e. The molecule has 5 nitrogen and oxygen atoms in total. The van der Waals surface area contributed by atoms with Crippen molar-refractivity contribution in [3.05, 3.63) is 18.2 Å². The molecule has 1 atom stereocenters. The summed E-state index contributed by atoms with van der Waals surface area (Å²) in [4.78, 5) is 8.71. The summed E-state index contributed by atoms with van der Waals surface area (Å²) in [6.07, 6.45) is 5.02. The maximum atomic E-state index is 5.67. The summed E-state index contributed by atoms with van der Waals surface area (Å²) in [6.45, 7) is 1.10. The second-order valence-corrected chi connectivity index (χ2v) is 4.37. The minimum Gasteiger partial charge on any atom is -0.422 e. The molecule has 1 fully saturated rings. The van der Waals surface area contributed by atoms with Crippen molar-refractivity contribution in [1.82, 2.24) is 15.3 Å². The van der Waals surface area contributed by atoms with Crippen LogP contribution in [-0.2, 0) is 6.42 Å². The van der Waals surface area contributed by atoms with E-state index in [0.717, 1.165) is 30.1 Å². The Kier molecular flexibility index (Phi) is 2.68. The molecule has 3 rings (SSSR count). The van der Waals surface area contributed by atoms with Crippen LogP contribution in [0.15, 0.2) is 16.7 Å². The van der Waals surface area contributed by atoms with Crippen molar-refractivity contribution in [2.24, 2.45) is 0 Å². The van der Waals surface area contributed by atoms with Gasteiger partial charge < -0.3 is 15.1 Å². The molecule has 0 aliphatic carbocycles. The first-order valence-corrected chi connectivity index (χ1v) is 6.02. The summed E-state index contributed by atoms with van der Waals surface area (Å²) < 4.78 is 5.67. The first kappa shape index (κ1) is 10.5. The summed E-state index contributed by atoms with van der Waals surface area (Å²) in [5.74, 6) is 0.773. The maximum absolute atomic E-state index is 5.67. The van der Waals surface area contributed by atoms with E-state index in [1.165, 1.54) is 12.8 Å². The van der Waals surface area contributed by atoms with Gasteiger partial charge in [0, 0.05) is 25.7 Å². The lowest BCUT2D eigenvalue weighted by Gasteiger charge is -2.05. The van der Waals surface area contributed by atoms with Gasteiger partial charge in [-0.2, -0.15) is 0 Å². The molecule has 0 amide bonds. The highest BCUT2D eigenvalue weighted by atomic mass is 16.4. The number of nitrogens with zero attached hydrogens (tertiary/aromatic N) is 2. The lowest BCUT2D eigenvalue weighted by Crippen LogP contribution is -2.23. The summed E-state index contributed by atoms with van der Waals surface area (Å²) in [5, 5.41) is 6.54. The Morgan fingerprint density at radius 1 is 1.59 bits per heavy atom. The summed E-state index contributed by atoms with van der Waals surface area (Å²) >= 11 is 0. The van der Waals surface area contributed by atoms with Gasteiger partial charge in [0.15, 0.2) is 11.4 Å². The van der Waals surface area contributed by atoms with Crippen molar-refractivity contribution in [1.29, 1.82) is 0 Å². The Bertz CT molecular complexity index is 516. The van der Waals surface area contributed by atoms with Crippen LogP contribution in [0, 0.1) is 0 Å². The van der Waals surface area contributed by atoms with Crippen LogP contribution >= 0.6 is 0 Å². The van der Waals surface area contributed by atoms with Crippen molar-refractivity contribution in [2.75, 3.05) is 18.9 Å². The topological polar surface area (TPSA) is 63.0 Å². The molecule has 3 heterocycles. The van der Waals surface area contributed by atoms with Crippen molar-refractivity contribution >= 4 is 16.9 Å². The second-order valence-electron chi connectivity index (χ2n) is 4.37. The van der Waals surface area contributed by atoms with E-state index in [1.54, 1.807) is 6.20 Å². The summed E-state index contributed by atoms with van der Waals surface area (Å²) in [7, 11) is 1.88. The van der Waals surface area contributed by atoms with Crippen LogP contribution in [0.4, 0.5) is 5.69 Å². The van der Waals surface area contributed by atoms with Gasteiger partial charge in [0.1, 0.15) is 0 Å². The van der Waals surface area contributed by atoms with Gasteiger partial charge in [0.2, 0.25) is 5.71 Å². The third-order valence-electron chi connectivity index (χ3n) is 3.19. The highest BCUT2D eigenvalue weighted by Crippen LogP contribution is 2.22. The fourth-order valence-electron chi connectivity index (χ4n) is 2.31. The highest BCUT2D eigenvalue weighted by Gasteiger charge is 2.18. The van der Waals surface area contributed by atoms with Crippen LogP contribution in [0.25, 0.3) is 11.2 Å². The first-order chi connectivity index (χ1) is 8.36. The number of rotatable bonds is 3. The largest absolute Gasteiger partial charge is 0.422 e. The molecule has 1 saturated heterocycles. The third kappa shape index (κ3) is 1.98. The molecule has 2 aromatic heterocycles. The molecule has 1 aliphatic heterocycles. The summed E-state index contributed by atoms with van der Waals surface area (Å²) in [6, 6.07) is 2.41. The highest BCUT2D eigenvalue weighted by molar-refractivity contribution is 5.83. The normalized spacial score (nSPS) is 19.9. The number of oxazole rings is 1. The number of anilines is 1. The fourth-order valence-corrected chi connectivity index (χ4v) is 2.31. The predicted molar refractivity (Wildman–Crippen MR) is 66.1 cm³/mol. The summed E-state index contributed by atoms with van der Waals surface area (Å²) in [5.41, 5.74) is 2.40. The SMILES string of the molecule is CNc1ccnc2oc(CC3CCCN3)nc12. The van der Waals surface area contributed by atoms with E-state index in [2.05, 4.69) is 20.6 Å². The Hall–Kier alpha value is -1.62. The predicted octanol–water partition coefficient (Wildman–Crippen LogP) is 1.56. The van der Waals surface area contributed by atoms with E-state index < -0.39 is 0 Å². The molecule has 0 aromatic carbocycles. The van der Waals surface area contributed by atoms with Crippen molar-refractivity contribution in [2.45, 2.75) is 25.3 Å². The van der Waals surface area contributed by atoms with Crippen LogP contribution in [0.5, 0.6) is 0 Å². The van der Waals surface area contributed by atoms with Gasteiger partial charge in [-0.3, -0.25) is 0 Å². The molecule has 17 heavy (non-hydrogen) atoms.